The van der Waals surface area contributed by atoms with E-state index in [0.29, 0.717) is 5.69 Å². The van der Waals surface area contributed by atoms with Gasteiger partial charge in [0.2, 0.25) is 0 Å². The number of imide groups is 1. The van der Waals surface area contributed by atoms with E-state index in [1.165, 1.54) is 6.08 Å². The van der Waals surface area contributed by atoms with Crippen molar-refractivity contribution in [2.24, 2.45) is 7.05 Å². The first-order valence-electron chi connectivity index (χ1n) is 9.08. The Labute approximate surface area is 166 Å². The van der Waals surface area contributed by atoms with Gasteiger partial charge < -0.3 is 10.4 Å². The highest BCUT2D eigenvalue weighted by Gasteiger charge is 2.30. The fourth-order valence-electron chi connectivity index (χ4n) is 3.23. The molecule has 3 aromatic rings. The molecule has 0 atom stereocenters. The molecule has 9 heteroatoms. The Morgan fingerprint density at radius 3 is 2.52 bits per heavy atom. The third-order valence-corrected chi connectivity index (χ3v) is 4.62. The molecule has 9 nitrogen and oxygen atoms in total. The normalized spacial score (nSPS) is 13.9. The van der Waals surface area contributed by atoms with Gasteiger partial charge in [0.05, 0.1) is 30.2 Å². The number of anilines is 1. The molecule has 29 heavy (non-hydrogen) atoms. The number of hydrogen-bond acceptors (Lipinski definition) is 6. The van der Waals surface area contributed by atoms with E-state index < -0.39 is 11.8 Å². The van der Waals surface area contributed by atoms with Gasteiger partial charge in [-0.15, -0.1) is 0 Å². The third-order valence-electron chi connectivity index (χ3n) is 4.62. The topological polar surface area (TPSA) is 105 Å². The maximum Gasteiger partial charge on any atom is 0.277 e. The summed E-state index contributed by atoms with van der Waals surface area (Å²) in [7, 11) is 1.88. The number of carbonyl (C=O) groups excluding carboxylic acids is 2. The van der Waals surface area contributed by atoms with E-state index in [0.717, 1.165) is 27.5 Å². The molecule has 4 rings (SSSR count). The molecule has 3 heterocycles. The first-order valence-corrected chi connectivity index (χ1v) is 9.08. The van der Waals surface area contributed by atoms with Gasteiger partial charge in [-0.3, -0.25) is 19.2 Å². The molecule has 0 saturated carbocycles. The molecule has 1 aromatic carbocycles. The number of nitrogens with one attached hydrogen (secondary N) is 1. The quantitative estimate of drug-likeness (QED) is 0.612. The lowest BCUT2D eigenvalue weighted by atomic mass is 10.2. The van der Waals surface area contributed by atoms with Gasteiger partial charge in [-0.25, -0.2) is 4.68 Å². The lowest BCUT2D eigenvalue weighted by molar-refractivity contribution is -0.137. The van der Waals surface area contributed by atoms with Crippen LogP contribution in [0.1, 0.15) is 5.69 Å². The van der Waals surface area contributed by atoms with Crippen molar-refractivity contribution in [2.75, 3.05) is 18.5 Å². The van der Waals surface area contributed by atoms with Crippen LogP contribution in [0.25, 0.3) is 16.9 Å². The summed E-state index contributed by atoms with van der Waals surface area (Å²) in [6, 6.07) is 9.27. The first kappa shape index (κ1) is 18.6. The maximum absolute atomic E-state index is 12.2. The van der Waals surface area contributed by atoms with Crippen LogP contribution in [-0.2, 0) is 16.6 Å². The molecule has 2 aromatic heterocycles. The van der Waals surface area contributed by atoms with Crippen molar-refractivity contribution in [2.45, 2.75) is 6.92 Å². The summed E-state index contributed by atoms with van der Waals surface area (Å²) in [6.07, 6.45) is 5.04. The lowest BCUT2D eigenvalue weighted by Gasteiger charge is -2.13. The second-order valence-corrected chi connectivity index (χ2v) is 6.70. The summed E-state index contributed by atoms with van der Waals surface area (Å²) in [6.45, 7) is 1.66. The average molecular weight is 392 g/mol. The van der Waals surface area contributed by atoms with Crippen LogP contribution in [0.3, 0.4) is 0 Å². The van der Waals surface area contributed by atoms with Crippen LogP contribution in [0.2, 0.25) is 0 Å². The second-order valence-electron chi connectivity index (χ2n) is 6.70. The van der Waals surface area contributed by atoms with Crippen molar-refractivity contribution in [3.05, 3.63) is 60.2 Å². The van der Waals surface area contributed by atoms with Gasteiger partial charge in [0.15, 0.2) is 0 Å². The van der Waals surface area contributed by atoms with Crippen LogP contribution in [-0.4, -0.2) is 54.5 Å². The maximum atomic E-state index is 12.2. The molecule has 2 N–H and O–H groups in total. The van der Waals surface area contributed by atoms with E-state index >= 15 is 0 Å². The minimum atomic E-state index is -0.448. The molecular formula is C20H20N6O3. The predicted molar refractivity (Wildman–Crippen MR) is 106 cm³/mol. The number of benzene rings is 1. The molecule has 2 amide bonds. The highest BCUT2D eigenvalue weighted by Crippen LogP contribution is 2.22. The Bertz CT molecular complexity index is 1110. The van der Waals surface area contributed by atoms with Gasteiger partial charge in [-0.2, -0.15) is 10.2 Å². The number of hydrogen-bond donors (Lipinski definition) is 2. The molecule has 148 valence electrons. The summed E-state index contributed by atoms with van der Waals surface area (Å²) < 4.78 is 3.52. The lowest BCUT2D eigenvalue weighted by Crippen LogP contribution is -2.34. The number of β-amino-alcohol motifs (C(OH)–C–C–N with tert-alkyl or cyclic N) is 1. The van der Waals surface area contributed by atoms with Gasteiger partial charge in [0.25, 0.3) is 11.8 Å². The zero-order valence-corrected chi connectivity index (χ0v) is 16.0. The Morgan fingerprint density at radius 1 is 1.10 bits per heavy atom. The number of rotatable bonds is 6. The van der Waals surface area contributed by atoms with Crippen molar-refractivity contribution >= 4 is 17.5 Å². The highest BCUT2D eigenvalue weighted by molar-refractivity contribution is 6.17. The monoisotopic (exact) mass is 392 g/mol. The Hall–Kier alpha value is -3.72. The molecule has 1 aliphatic rings. The number of aryl methyl sites for hydroxylation is 2. The van der Waals surface area contributed by atoms with Crippen LogP contribution >= 0.6 is 0 Å². The van der Waals surface area contributed by atoms with Gasteiger partial charge in [-0.05, 0) is 37.3 Å². The summed E-state index contributed by atoms with van der Waals surface area (Å²) in [5, 5.41) is 20.9. The smallest absolute Gasteiger partial charge is 0.277 e. The van der Waals surface area contributed by atoms with Crippen molar-refractivity contribution < 1.29 is 14.7 Å². The fraction of sp³-hybridized carbons (Fsp3) is 0.200. The molecule has 0 spiro atoms. The molecule has 0 fully saturated rings. The summed E-state index contributed by atoms with van der Waals surface area (Å²) in [5.41, 5.74) is 4.44. The van der Waals surface area contributed by atoms with Crippen LogP contribution in [0.5, 0.6) is 0 Å². The van der Waals surface area contributed by atoms with E-state index in [1.807, 2.05) is 44.6 Å². The molecule has 0 unspecified atom stereocenters. The van der Waals surface area contributed by atoms with E-state index in [9.17, 15) is 9.59 Å². The van der Waals surface area contributed by atoms with Gasteiger partial charge in [0, 0.05) is 36.8 Å². The number of aliphatic hydroxyl groups excluding tert-OH is 1. The standard InChI is InChI=1S/C20H20N6O3/c1-13-16(12-24(2)22-13)17-7-8-26(23-17)15-5-3-14(4-6-15)21-18-11-19(28)25(9-10-27)20(18)29/h3-8,11-12,21,27H,9-10H2,1-2H3. The summed E-state index contributed by atoms with van der Waals surface area (Å²) >= 11 is 0. The Kier molecular flexibility index (Phi) is 4.73. The average Bonchev–Trinajstić information content (AvgIpc) is 3.37. The first-order chi connectivity index (χ1) is 14.0. The van der Waals surface area contributed by atoms with Crippen molar-refractivity contribution in [3.8, 4) is 16.9 Å². The third kappa shape index (κ3) is 3.55. The van der Waals surface area contributed by atoms with Crippen molar-refractivity contribution in [1.29, 1.82) is 0 Å². The SMILES string of the molecule is Cc1nn(C)cc1-c1ccn(-c2ccc(NC3=CC(=O)N(CCO)C3=O)cc2)n1. The molecule has 0 aliphatic carbocycles. The van der Waals surface area contributed by atoms with Crippen LogP contribution in [0, 0.1) is 6.92 Å². The Morgan fingerprint density at radius 2 is 1.86 bits per heavy atom. The second kappa shape index (κ2) is 7.36. The predicted octanol–water partition coefficient (Wildman–Crippen LogP) is 1.24. The van der Waals surface area contributed by atoms with Crippen LogP contribution < -0.4 is 5.32 Å². The van der Waals surface area contributed by atoms with Crippen LogP contribution in [0.4, 0.5) is 5.69 Å². The minimum absolute atomic E-state index is 0.0175. The number of aromatic nitrogens is 4. The van der Waals surface area contributed by atoms with Crippen molar-refractivity contribution in [3.63, 3.8) is 0 Å². The van der Waals surface area contributed by atoms with E-state index in [2.05, 4.69) is 15.5 Å². The largest absolute Gasteiger partial charge is 0.395 e. The zero-order chi connectivity index (χ0) is 20.5. The molecule has 0 bridgehead atoms. The summed E-state index contributed by atoms with van der Waals surface area (Å²) in [4.78, 5) is 25.0. The molecular weight excluding hydrogens is 372 g/mol. The van der Waals surface area contributed by atoms with Crippen LogP contribution in [0.15, 0.2) is 54.5 Å². The fourth-order valence-corrected chi connectivity index (χ4v) is 3.23. The van der Waals surface area contributed by atoms with Gasteiger partial charge in [-0.1, -0.05) is 0 Å². The highest BCUT2D eigenvalue weighted by atomic mass is 16.3. The van der Waals surface area contributed by atoms with Crippen molar-refractivity contribution in [1.82, 2.24) is 24.5 Å². The number of nitrogens with zero attached hydrogens (tertiary/aromatic N) is 5. The Balaban J connectivity index is 1.49. The minimum Gasteiger partial charge on any atom is -0.395 e. The van der Waals surface area contributed by atoms with Gasteiger partial charge in [0.1, 0.15) is 5.70 Å². The van der Waals surface area contributed by atoms with E-state index in [4.69, 9.17) is 5.11 Å². The zero-order valence-electron chi connectivity index (χ0n) is 16.0. The number of carbonyl (C=O) groups is 2. The van der Waals surface area contributed by atoms with E-state index in [1.54, 1.807) is 21.5 Å². The molecule has 0 radical (unpaired) electrons. The number of amides is 2. The van der Waals surface area contributed by atoms with E-state index in [-0.39, 0.29) is 18.8 Å². The van der Waals surface area contributed by atoms with Gasteiger partial charge >= 0.3 is 0 Å². The number of aliphatic hydroxyl groups is 1. The summed E-state index contributed by atoms with van der Waals surface area (Å²) in [5.74, 6) is -0.880. The molecule has 0 saturated heterocycles. The molecule has 1 aliphatic heterocycles.